The van der Waals surface area contributed by atoms with Crippen molar-refractivity contribution in [3.63, 3.8) is 0 Å². The molecule has 0 bridgehead atoms. The zero-order valence-corrected chi connectivity index (χ0v) is 15.7. The minimum atomic E-state index is -0.930. The van der Waals surface area contributed by atoms with E-state index in [4.69, 9.17) is 0 Å². The van der Waals surface area contributed by atoms with Crippen molar-refractivity contribution in [2.75, 3.05) is 0 Å². The van der Waals surface area contributed by atoms with E-state index in [2.05, 4.69) is 0 Å². The summed E-state index contributed by atoms with van der Waals surface area (Å²) in [6.45, 7) is 5.56. The summed E-state index contributed by atoms with van der Waals surface area (Å²) in [6.07, 6.45) is 5.89. The molecule has 0 saturated carbocycles. The number of imide groups is 1. The lowest BCUT2D eigenvalue weighted by atomic mass is 9.92. The van der Waals surface area contributed by atoms with Gasteiger partial charge in [0.15, 0.2) is 0 Å². The van der Waals surface area contributed by atoms with Crippen LogP contribution in [0, 0.1) is 0 Å². The number of allylic oxidation sites excluding steroid dienone is 2. The predicted molar refractivity (Wildman–Crippen MR) is 100 cm³/mol. The minimum Gasteiger partial charge on any atom is -0.308 e. The molecule has 3 atom stereocenters. The maximum atomic E-state index is 13.2. The van der Waals surface area contributed by atoms with E-state index < -0.39 is 10.9 Å². The molecule has 4 rings (SSSR count). The van der Waals surface area contributed by atoms with Gasteiger partial charge >= 0.3 is 0 Å². The Balaban J connectivity index is 2.01. The van der Waals surface area contributed by atoms with Crippen molar-refractivity contribution in [2.45, 2.75) is 43.4 Å². The average molecular weight is 368 g/mol. The highest BCUT2D eigenvalue weighted by Gasteiger charge is 2.62. The van der Waals surface area contributed by atoms with Gasteiger partial charge in [0.1, 0.15) is 4.87 Å². The van der Waals surface area contributed by atoms with Crippen LogP contribution >= 0.6 is 11.8 Å². The number of hydrogen-bond acceptors (Lipinski definition) is 4. The maximum Gasteiger partial charge on any atom is 0.262 e. The highest BCUT2D eigenvalue weighted by Crippen LogP contribution is 2.56. The molecule has 1 fully saturated rings. The highest BCUT2D eigenvalue weighted by molar-refractivity contribution is 8.01. The first-order chi connectivity index (χ1) is 12.4. The minimum absolute atomic E-state index is 0.00801. The van der Waals surface area contributed by atoms with Crippen LogP contribution in [0.1, 0.15) is 43.1 Å². The molecule has 5 nitrogen and oxygen atoms in total. The van der Waals surface area contributed by atoms with Crippen molar-refractivity contribution in [2.24, 2.45) is 0 Å². The third-order valence-corrected chi connectivity index (χ3v) is 6.77. The molecule has 0 aromatic heterocycles. The number of nitrogens with zero attached hydrogens (tertiary/aromatic N) is 2. The predicted octanol–water partition coefficient (Wildman–Crippen LogP) is 3.04. The number of carbonyl (C=O) groups excluding carboxylic acids is 3. The van der Waals surface area contributed by atoms with Crippen LogP contribution in [0.2, 0.25) is 0 Å². The van der Waals surface area contributed by atoms with Crippen molar-refractivity contribution in [1.29, 1.82) is 0 Å². The van der Waals surface area contributed by atoms with E-state index in [1.54, 1.807) is 24.1 Å². The molecule has 3 amide bonds. The molecule has 6 heteroatoms. The van der Waals surface area contributed by atoms with Crippen molar-refractivity contribution >= 4 is 29.5 Å². The summed E-state index contributed by atoms with van der Waals surface area (Å²) in [5.74, 6) is -0.505. The summed E-state index contributed by atoms with van der Waals surface area (Å²) < 4.78 is 0. The Labute approximate surface area is 156 Å². The van der Waals surface area contributed by atoms with Gasteiger partial charge in [-0.1, -0.05) is 36.8 Å². The van der Waals surface area contributed by atoms with Gasteiger partial charge in [0.05, 0.1) is 11.3 Å². The van der Waals surface area contributed by atoms with Gasteiger partial charge < -0.3 is 4.90 Å². The van der Waals surface area contributed by atoms with Gasteiger partial charge in [-0.05, 0) is 26.0 Å². The summed E-state index contributed by atoms with van der Waals surface area (Å²) in [5.41, 5.74) is 2.36. The maximum absolute atomic E-state index is 13.2. The number of thioether (sulfide) groups is 1. The van der Waals surface area contributed by atoms with Crippen LogP contribution in [0.3, 0.4) is 0 Å². The Bertz CT molecular complexity index is 891. The molecule has 3 aliphatic heterocycles. The molecule has 0 aliphatic carbocycles. The summed E-state index contributed by atoms with van der Waals surface area (Å²) in [6, 6.07) is 6.96. The van der Waals surface area contributed by atoms with Gasteiger partial charge in [0.2, 0.25) is 11.8 Å². The molecule has 134 valence electrons. The molecule has 3 aliphatic rings. The number of carbonyl (C=O) groups is 3. The topological polar surface area (TPSA) is 57.7 Å². The molecular formula is C20H20N2O3S. The number of amides is 3. The lowest BCUT2D eigenvalue weighted by Crippen LogP contribution is -2.63. The lowest BCUT2D eigenvalue weighted by Gasteiger charge is -2.51. The second kappa shape index (κ2) is 5.84. The van der Waals surface area contributed by atoms with E-state index >= 15 is 0 Å². The van der Waals surface area contributed by atoms with Crippen molar-refractivity contribution in [1.82, 2.24) is 9.80 Å². The first kappa shape index (κ1) is 17.1. The second-order valence-electron chi connectivity index (χ2n) is 6.81. The number of benzene rings is 1. The van der Waals surface area contributed by atoms with Gasteiger partial charge in [0.25, 0.3) is 5.91 Å². The fourth-order valence-corrected chi connectivity index (χ4v) is 5.70. The van der Waals surface area contributed by atoms with Gasteiger partial charge in [0, 0.05) is 23.7 Å². The summed E-state index contributed by atoms with van der Waals surface area (Å²) >= 11 is 1.40. The van der Waals surface area contributed by atoms with Crippen LogP contribution in [0.5, 0.6) is 0 Å². The standard InChI is InChI=1S/C20H20N2O3S/c1-4-17(23)22-19(25)14-7-5-6-8-15(14)20(22)16-11-12(2)9-10-21(16)18(24)13(3)26-20/h5-11,13,16H,4H2,1-3H3. The third-order valence-electron chi connectivity index (χ3n) is 5.21. The fraction of sp³-hybridized carbons (Fsp3) is 0.350. The Morgan fingerprint density at radius 3 is 2.73 bits per heavy atom. The Hall–Kier alpha value is -2.34. The zero-order chi connectivity index (χ0) is 18.6. The molecule has 1 aromatic carbocycles. The van der Waals surface area contributed by atoms with Gasteiger partial charge in [-0.2, -0.15) is 0 Å². The van der Waals surface area contributed by atoms with E-state index in [1.165, 1.54) is 16.7 Å². The molecule has 0 radical (unpaired) electrons. The highest BCUT2D eigenvalue weighted by atomic mass is 32.2. The van der Waals surface area contributed by atoms with Gasteiger partial charge in [-0.3, -0.25) is 19.3 Å². The summed E-state index contributed by atoms with van der Waals surface area (Å²) in [4.78, 5) is 41.0. The third kappa shape index (κ3) is 2.08. The van der Waals surface area contributed by atoms with E-state index in [0.29, 0.717) is 5.56 Å². The van der Waals surface area contributed by atoms with Crippen LogP contribution < -0.4 is 0 Å². The number of fused-ring (bicyclic) bond motifs is 4. The van der Waals surface area contributed by atoms with E-state index in [-0.39, 0.29) is 29.4 Å². The van der Waals surface area contributed by atoms with E-state index in [0.717, 1.165) is 11.1 Å². The van der Waals surface area contributed by atoms with Crippen LogP contribution in [0.4, 0.5) is 0 Å². The Morgan fingerprint density at radius 2 is 2.00 bits per heavy atom. The lowest BCUT2D eigenvalue weighted by molar-refractivity contribution is -0.137. The Morgan fingerprint density at radius 1 is 1.27 bits per heavy atom. The van der Waals surface area contributed by atoms with Crippen molar-refractivity contribution in [3.8, 4) is 0 Å². The smallest absolute Gasteiger partial charge is 0.262 e. The first-order valence-corrected chi connectivity index (χ1v) is 9.63. The molecular weight excluding hydrogens is 348 g/mol. The monoisotopic (exact) mass is 368 g/mol. The molecule has 1 aromatic rings. The van der Waals surface area contributed by atoms with Gasteiger partial charge in [-0.25, -0.2) is 0 Å². The molecule has 3 heterocycles. The largest absolute Gasteiger partial charge is 0.308 e. The molecule has 1 saturated heterocycles. The molecule has 26 heavy (non-hydrogen) atoms. The van der Waals surface area contributed by atoms with E-state index in [9.17, 15) is 14.4 Å². The molecule has 0 N–H and O–H groups in total. The van der Waals surface area contributed by atoms with Crippen LogP contribution in [0.15, 0.2) is 48.2 Å². The van der Waals surface area contributed by atoms with Gasteiger partial charge in [-0.15, -0.1) is 11.8 Å². The molecule has 3 unspecified atom stereocenters. The van der Waals surface area contributed by atoms with Crippen LogP contribution in [0.25, 0.3) is 0 Å². The van der Waals surface area contributed by atoms with Crippen LogP contribution in [-0.4, -0.2) is 38.8 Å². The van der Waals surface area contributed by atoms with E-state index in [1.807, 2.05) is 44.2 Å². The van der Waals surface area contributed by atoms with Crippen molar-refractivity contribution in [3.05, 3.63) is 59.3 Å². The number of hydrogen-bond donors (Lipinski definition) is 0. The second-order valence-corrected chi connectivity index (χ2v) is 8.37. The zero-order valence-electron chi connectivity index (χ0n) is 14.9. The van der Waals surface area contributed by atoms with Crippen LogP contribution in [-0.2, 0) is 14.5 Å². The SMILES string of the molecule is CCC(=O)N1C(=O)c2ccccc2C12SC(C)C(=O)N1C=CC(C)=CC12. The number of rotatable bonds is 1. The normalized spacial score (nSPS) is 29.7. The quantitative estimate of drug-likeness (QED) is 0.765. The summed E-state index contributed by atoms with van der Waals surface area (Å²) in [5, 5.41) is -0.367. The summed E-state index contributed by atoms with van der Waals surface area (Å²) in [7, 11) is 0. The fourth-order valence-electron chi connectivity index (χ4n) is 4.03. The Kier molecular flexibility index (Phi) is 3.84. The average Bonchev–Trinajstić information content (AvgIpc) is 2.89. The first-order valence-electron chi connectivity index (χ1n) is 8.75. The molecule has 1 spiro atoms. The van der Waals surface area contributed by atoms with Crippen molar-refractivity contribution < 1.29 is 14.4 Å².